The zero-order valence-corrected chi connectivity index (χ0v) is 10.4. The van der Waals surface area contributed by atoms with Crippen LogP contribution in [0.1, 0.15) is 39.0 Å². The summed E-state index contributed by atoms with van der Waals surface area (Å²) in [6, 6.07) is 0. The second-order valence-electron chi connectivity index (χ2n) is 4.48. The predicted molar refractivity (Wildman–Crippen MR) is 67.0 cm³/mol. The maximum Gasteiger partial charge on any atom is 0.0281 e. The molecule has 0 aliphatic heterocycles. The molecule has 1 saturated carbocycles. The van der Waals surface area contributed by atoms with Gasteiger partial charge in [-0.25, -0.2) is 0 Å². The smallest absolute Gasteiger partial charge is 0.0281 e. The van der Waals surface area contributed by atoms with Crippen molar-refractivity contribution in [2.45, 2.75) is 43.8 Å². The van der Waals surface area contributed by atoms with Gasteiger partial charge in [-0.15, -0.1) is 6.58 Å². The van der Waals surface area contributed by atoms with E-state index < -0.39 is 0 Å². The second-order valence-corrected chi connectivity index (χ2v) is 5.75. The van der Waals surface area contributed by atoms with E-state index in [1.165, 1.54) is 37.8 Å². The third-order valence-corrected chi connectivity index (χ3v) is 4.54. The average molecular weight is 213 g/mol. The fourth-order valence-electron chi connectivity index (χ4n) is 2.09. The highest BCUT2D eigenvalue weighted by Crippen LogP contribution is 2.39. The molecule has 1 fully saturated rings. The molecule has 0 unspecified atom stereocenters. The summed E-state index contributed by atoms with van der Waals surface area (Å²) in [6.07, 6.45) is 9.00. The molecule has 1 aliphatic rings. The first kappa shape index (κ1) is 12.1. The van der Waals surface area contributed by atoms with Gasteiger partial charge in [0.25, 0.3) is 0 Å². The van der Waals surface area contributed by atoms with Crippen LogP contribution < -0.4 is 5.32 Å². The Kier molecular flexibility index (Phi) is 5.04. The fourth-order valence-corrected chi connectivity index (χ4v) is 3.03. The maximum atomic E-state index is 3.92. The van der Waals surface area contributed by atoms with Crippen molar-refractivity contribution in [3.63, 3.8) is 0 Å². The monoisotopic (exact) mass is 213 g/mol. The number of hydrogen-bond acceptors (Lipinski definition) is 2. The van der Waals surface area contributed by atoms with Crippen molar-refractivity contribution in [2.24, 2.45) is 0 Å². The van der Waals surface area contributed by atoms with Gasteiger partial charge in [0.05, 0.1) is 0 Å². The zero-order chi connectivity index (χ0) is 10.4. The van der Waals surface area contributed by atoms with Crippen LogP contribution in [-0.2, 0) is 0 Å². The Morgan fingerprint density at radius 1 is 1.43 bits per heavy atom. The molecular formula is C12H23NS. The molecule has 1 N–H and O–H groups in total. The molecule has 0 radical (unpaired) electrons. The van der Waals surface area contributed by atoms with E-state index in [9.17, 15) is 0 Å². The van der Waals surface area contributed by atoms with Crippen LogP contribution in [0, 0.1) is 0 Å². The van der Waals surface area contributed by atoms with Crippen molar-refractivity contribution in [1.82, 2.24) is 5.32 Å². The molecule has 1 aliphatic carbocycles. The van der Waals surface area contributed by atoms with Gasteiger partial charge in [0.2, 0.25) is 0 Å². The lowest BCUT2D eigenvalue weighted by Crippen LogP contribution is -2.35. The molecule has 1 nitrogen and oxygen atoms in total. The molecule has 0 heterocycles. The molecule has 0 saturated heterocycles. The number of hydrogen-bond donors (Lipinski definition) is 1. The number of nitrogens with one attached hydrogen (secondary N) is 1. The van der Waals surface area contributed by atoms with E-state index in [1.54, 1.807) is 0 Å². The highest BCUT2D eigenvalue weighted by atomic mass is 32.2. The average Bonchev–Trinajstić information content (AvgIpc) is 2.62. The molecule has 1 rings (SSSR count). The Bertz CT molecular complexity index is 183. The minimum absolute atomic E-state index is 0.551. The molecular weight excluding hydrogens is 190 g/mol. The Morgan fingerprint density at radius 2 is 2.07 bits per heavy atom. The Balaban J connectivity index is 2.18. The van der Waals surface area contributed by atoms with Crippen LogP contribution in [0.2, 0.25) is 0 Å². The highest BCUT2D eigenvalue weighted by Gasteiger charge is 2.32. The predicted octanol–water partition coefficient (Wildman–Crippen LogP) is 3.22. The van der Waals surface area contributed by atoms with Gasteiger partial charge in [0.1, 0.15) is 0 Å². The summed E-state index contributed by atoms with van der Waals surface area (Å²) in [5.41, 5.74) is 1.28. The Hall–Kier alpha value is 0.0500. The Labute approximate surface area is 92.7 Å². The van der Waals surface area contributed by atoms with Crippen LogP contribution in [0.3, 0.4) is 0 Å². The summed E-state index contributed by atoms with van der Waals surface area (Å²) in [7, 11) is 0. The number of rotatable bonds is 6. The number of thioether (sulfide) groups is 1. The van der Waals surface area contributed by atoms with Crippen molar-refractivity contribution >= 4 is 11.8 Å². The van der Waals surface area contributed by atoms with Gasteiger partial charge in [0.15, 0.2) is 0 Å². The normalized spacial score (nSPS) is 19.9. The van der Waals surface area contributed by atoms with Gasteiger partial charge in [-0.1, -0.05) is 18.4 Å². The van der Waals surface area contributed by atoms with Crippen molar-refractivity contribution in [1.29, 1.82) is 0 Å². The zero-order valence-electron chi connectivity index (χ0n) is 9.57. The first-order chi connectivity index (χ1) is 6.68. The van der Waals surface area contributed by atoms with Crippen molar-refractivity contribution in [2.75, 3.05) is 19.3 Å². The van der Waals surface area contributed by atoms with Crippen LogP contribution in [0.15, 0.2) is 12.2 Å². The molecule has 0 aromatic rings. The topological polar surface area (TPSA) is 12.0 Å². The van der Waals surface area contributed by atoms with Crippen LogP contribution in [-0.4, -0.2) is 24.1 Å². The molecule has 0 bridgehead atoms. The first-order valence-electron chi connectivity index (χ1n) is 5.59. The first-order valence-corrected chi connectivity index (χ1v) is 6.81. The van der Waals surface area contributed by atoms with E-state index in [1.807, 2.05) is 0 Å². The van der Waals surface area contributed by atoms with Gasteiger partial charge in [-0.2, -0.15) is 11.8 Å². The molecule has 0 atom stereocenters. The minimum Gasteiger partial charge on any atom is -0.315 e. The minimum atomic E-state index is 0.551. The van der Waals surface area contributed by atoms with Crippen molar-refractivity contribution in [3.05, 3.63) is 12.2 Å². The van der Waals surface area contributed by atoms with E-state index in [-0.39, 0.29) is 0 Å². The molecule has 0 spiro atoms. The van der Waals surface area contributed by atoms with Crippen LogP contribution in [0.25, 0.3) is 0 Å². The van der Waals surface area contributed by atoms with Gasteiger partial charge in [-0.3, -0.25) is 0 Å². The lowest BCUT2D eigenvalue weighted by Gasteiger charge is -2.27. The molecule has 0 aromatic heterocycles. The van der Waals surface area contributed by atoms with Gasteiger partial charge in [0, 0.05) is 11.3 Å². The lowest BCUT2D eigenvalue weighted by atomic mass is 10.1. The quantitative estimate of drug-likeness (QED) is 0.537. The Morgan fingerprint density at radius 3 is 2.57 bits per heavy atom. The highest BCUT2D eigenvalue weighted by molar-refractivity contribution is 8.00. The largest absolute Gasteiger partial charge is 0.315 e. The summed E-state index contributed by atoms with van der Waals surface area (Å²) >= 11 is 2.05. The van der Waals surface area contributed by atoms with E-state index in [0.717, 1.165) is 13.0 Å². The van der Waals surface area contributed by atoms with E-state index >= 15 is 0 Å². The van der Waals surface area contributed by atoms with Gasteiger partial charge >= 0.3 is 0 Å². The molecule has 0 aromatic carbocycles. The maximum absolute atomic E-state index is 3.92. The fraction of sp³-hybridized carbons (Fsp3) is 0.833. The van der Waals surface area contributed by atoms with Crippen LogP contribution >= 0.6 is 11.8 Å². The van der Waals surface area contributed by atoms with Crippen LogP contribution in [0.5, 0.6) is 0 Å². The summed E-state index contributed by atoms with van der Waals surface area (Å²) < 4.78 is 0.551. The molecule has 14 heavy (non-hydrogen) atoms. The van der Waals surface area contributed by atoms with E-state index in [0.29, 0.717) is 4.75 Å². The third-order valence-electron chi connectivity index (χ3n) is 3.12. The van der Waals surface area contributed by atoms with Gasteiger partial charge in [-0.05, 0) is 39.0 Å². The summed E-state index contributed by atoms with van der Waals surface area (Å²) in [6.45, 7) is 8.29. The molecule has 2 heteroatoms. The summed E-state index contributed by atoms with van der Waals surface area (Å²) in [5.74, 6) is 0. The standard InChI is InChI=1S/C12H23NS/c1-11(2)6-9-13-10-12(14-3)7-4-5-8-12/h13H,1,4-10H2,2-3H3. The van der Waals surface area contributed by atoms with E-state index in [4.69, 9.17) is 0 Å². The lowest BCUT2D eigenvalue weighted by molar-refractivity contribution is 0.535. The van der Waals surface area contributed by atoms with E-state index in [2.05, 4.69) is 36.8 Å². The van der Waals surface area contributed by atoms with Gasteiger partial charge < -0.3 is 5.32 Å². The molecule has 0 amide bonds. The second kappa shape index (κ2) is 5.82. The van der Waals surface area contributed by atoms with Crippen molar-refractivity contribution in [3.8, 4) is 0 Å². The summed E-state index contributed by atoms with van der Waals surface area (Å²) in [4.78, 5) is 0. The summed E-state index contributed by atoms with van der Waals surface area (Å²) in [5, 5.41) is 3.57. The molecule has 82 valence electrons. The van der Waals surface area contributed by atoms with Crippen molar-refractivity contribution < 1.29 is 0 Å². The van der Waals surface area contributed by atoms with Crippen LogP contribution in [0.4, 0.5) is 0 Å². The SMILES string of the molecule is C=C(C)CCNCC1(SC)CCCC1. The third kappa shape index (κ3) is 3.66.